The summed E-state index contributed by atoms with van der Waals surface area (Å²) in [5.41, 5.74) is 2.07. The van der Waals surface area contributed by atoms with Crippen LogP contribution in [0.25, 0.3) is 0 Å². The van der Waals surface area contributed by atoms with Crippen LogP contribution in [0.4, 0.5) is 0 Å². The maximum Gasteiger partial charge on any atom is 0.123 e. The Hall–Kier alpha value is -1.54. The third-order valence-corrected chi connectivity index (χ3v) is 3.58. The number of hydrogen-bond donors (Lipinski definition) is 1. The van der Waals surface area contributed by atoms with Gasteiger partial charge in [-0.1, -0.05) is 11.8 Å². The van der Waals surface area contributed by atoms with Gasteiger partial charge in [0.2, 0.25) is 0 Å². The lowest BCUT2D eigenvalue weighted by Gasteiger charge is -2.32. The van der Waals surface area contributed by atoms with Crippen molar-refractivity contribution in [3.05, 3.63) is 29.3 Å². The number of benzene rings is 1. The average Bonchev–Trinajstić information content (AvgIpc) is 2.48. The highest BCUT2D eigenvalue weighted by Gasteiger charge is 2.15. The van der Waals surface area contributed by atoms with E-state index in [1.54, 1.807) is 7.11 Å². The topological polar surface area (TPSA) is 35.9 Å². The molecule has 108 valence electrons. The first-order chi connectivity index (χ1) is 9.72. The molecule has 4 heteroatoms. The summed E-state index contributed by atoms with van der Waals surface area (Å²) in [5.74, 6) is 6.53. The van der Waals surface area contributed by atoms with Gasteiger partial charge in [0.15, 0.2) is 0 Å². The molecule has 1 aliphatic heterocycles. The van der Waals surface area contributed by atoms with Gasteiger partial charge >= 0.3 is 0 Å². The third kappa shape index (κ3) is 3.97. The molecule has 1 fully saturated rings. The van der Waals surface area contributed by atoms with E-state index in [2.05, 4.69) is 34.8 Å². The fourth-order valence-corrected chi connectivity index (χ4v) is 2.37. The SMILES string of the molecule is COc1ccc(C#CCO)cc1CN1CCN(C)CC1. The van der Waals surface area contributed by atoms with Gasteiger partial charge in [0, 0.05) is 43.9 Å². The molecule has 0 spiro atoms. The zero-order chi connectivity index (χ0) is 14.4. The normalized spacial score (nSPS) is 16.6. The first kappa shape index (κ1) is 14.9. The van der Waals surface area contributed by atoms with Crippen molar-refractivity contribution in [3.63, 3.8) is 0 Å². The fourth-order valence-electron chi connectivity index (χ4n) is 2.37. The summed E-state index contributed by atoms with van der Waals surface area (Å²) in [6.07, 6.45) is 0. The van der Waals surface area contributed by atoms with E-state index in [9.17, 15) is 0 Å². The standard InChI is InChI=1S/C16H22N2O2/c1-17-7-9-18(10-8-17)13-15-12-14(4-3-11-19)5-6-16(15)20-2/h5-6,12,19H,7-11,13H2,1-2H3. The number of aliphatic hydroxyl groups excluding tert-OH is 1. The van der Waals surface area contributed by atoms with E-state index in [0.717, 1.165) is 49.6 Å². The largest absolute Gasteiger partial charge is 0.496 e. The van der Waals surface area contributed by atoms with E-state index in [1.807, 2.05) is 12.1 Å². The summed E-state index contributed by atoms with van der Waals surface area (Å²) in [4.78, 5) is 4.78. The van der Waals surface area contributed by atoms with Crippen LogP contribution in [0.1, 0.15) is 11.1 Å². The number of aliphatic hydroxyl groups is 1. The predicted molar refractivity (Wildman–Crippen MR) is 79.7 cm³/mol. The fraction of sp³-hybridized carbons (Fsp3) is 0.500. The van der Waals surface area contributed by atoms with E-state index in [4.69, 9.17) is 9.84 Å². The molecule has 0 aliphatic carbocycles. The predicted octanol–water partition coefficient (Wildman–Crippen LogP) is 0.786. The minimum absolute atomic E-state index is 0.111. The van der Waals surface area contributed by atoms with Gasteiger partial charge in [-0.25, -0.2) is 0 Å². The van der Waals surface area contributed by atoms with Crippen LogP contribution in [0.3, 0.4) is 0 Å². The lowest BCUT2D eigenvalue weighted by atomic mass is 10.1. The minimum atomic E-state index is -0.111. The Labute approximate surface area is 121 Å². The zero-order valence-corrected chi connectivity index (χ0v) is 12.2. The number of methoxy groups -OCH3 is 1. The summed E-state index contributed by atoms with van der Waals surface area (Å²) < 4.78 is 5.43. The quantitative estimate of drug-likeness (QED) is 0.827. The molecule has 1 N–H and O–H groups in total. The van der Waals surface area contributed by atoms with E-state index in [0.29, 0.717) is 0 Å². The molecule has 0 saturated carbocycles. The number of nitrogens with zero attached hydrogens (tertiary/aromatic N) is 2. The van der Waals surface area contributed by atoms with E-state index < -0.39 is 0 Å². The van der Waals surface area contributed by atoms with Crippen LogP contribution >= 0.6 is 0 Å². The Bertz CT molecular complexity index is 497. The van der Waals surface area contributed by atoms with Crippen molar-refractivity contribution in [3.8, 4) is 17.6 Å². The molecular weight excluding hydrogens is 252 g/mol. The number of hydrogen-bond acceptors (Lipinski definition) is 4. The molecule has 0 aromatic heterocycles. The van der Waals surface area contributed by atoms with Crippen molar-refractivity contribution in [2.45, 2.75) is 6.54 Å². The summed E-state index contributed by atoms with van der Waals surface area (Å²) in [6.45, 7) is 5.13. The highest BCUT2D eigenvalue weighted by molar-refractivity contribution is 5.44. The van der Waals surface area contributed by atoms with E-state index in [1.165, 1.54) is 0 Å². The van der Waals surface area contributed by atoms with Gasteiger partial charge < -0.3 is 14.7 Å². The maximum atomic E-state index is 8.77. The molecule has 0 amide bonds. The molecule has 0 unspecified atom stereocenters. The Morgan fingerprint density at radius 1 is 1.25 bits per heavy atom. The first-order valence-corrected chi connectivity index (χ1v) is 6.90. The van der Waals surface area contributed by atoms with Crippen molar-refractivity contribution in [1.82, 2.24) is 9.80 Å². The number of ether oxygens (including phenoxy) is 1. The average molecular weight is 274 g/mol. The highest BCUT2D eigenvalue weighted by atomic mass is 16.5. The molecule has 20 heavy (non-hydrogen) atoms. The van der Waals surface area contributed by atoms with Crippen LogP contribution in [0.5, 0.6) is 5.75 Å². The van der Waals surface area contributed by atoms with Gasteiger partial charge in [0.05, 0.1) is 7.11 Å². The van der Waals surface area contributed by atoms with Crippen molar-refractivity contribution in [1.29, 1.82) is 0 Å². The van der Waals surface area contributed by atoms with Gasteiger partial charge in [-0.2, -0.15) is 0 Å². The van der Waals surface area contributed by atoms with Gasteiger partial charge in [-0.05, 0) is 25.2 Å². The lowest BCUT2D eigenvalue weighted by Crippen LogP contribution is -2.43. The van der Waals surface area contributed by atoms with Crippen LogP contribution in [-0.2, 0) is 6.54 Å². The summed E-state index contributed by atoms with van der Waals surface area (Å²) in [5, 5.41) is 8.77. The molecule has 2 rings (SSSR count). The lowest BCUT2D eigenvalue weighted by molar-refractivity contribution is 0.147. The minimum Gasteiger partial charge on any atom is -0.496 e. The first-order valence-electron chi connectivity index (χ1n) is 6.90. The second-order valence-electron chi connectivity index (χ2n) is 5.07. The molecule has 4 nitrogen and oxygen atoms in total. The Balaban J connectivity index is 2.11. The number of piperazine rings is 1. The monoisotopic (exact) mass is 274 g/mol. The Kier molecular flexibility index (Phi) is 5.42. The van der Waals surface area contributed by atoms with Crippen LogP contribution in [0, 0.1) is 11.8 Å². The molecule has 1 aromatic rings. The molecular formula is C16H22N2O2. The van der Waals surface area contributed by atoms with E-state index >= 15 is 0 Å². The van der Waals surface area contributed by atoms with Crippen LogP contribution in [0.2, 0.25) is 0 Å². The van der Waals surface area contributed by atoms with Crippen molar-refractivity contribution in [2.75, 3.05) is 46.9 Å². The number of rotatable bonds is 3. The maximum absolute atomic E-state index is 8.77. The van der Waals surface area contributed by atoms with Gasteiger partial charge in [0.25, 0.3) is 0 Å². The van der Waals surface area contributed by atoms with Gasteiger partial charge in [-0.15, -0.1) is 0 Å². The van der Waals surface area contributed by atoms with Crippen molar-refractivity contribution < 1.29 is 9.84 Å². The van der Waals surface area contributed by atoms with Crippen molar-refractivity contribution in [2.24, 2.45) is 0 Å². The Morgan fingerprint density at radius 2 is 2.00 bits per heavy atom. The van der Waals surface area contributed by atoms with Crippen LogP contribution < -0.4 is 4.74 Å². The zero-order valence-electron chi connectivity index (χ0n) is 12.2. The molecule has 1 aromatic carbocycles. The summed E-state index contributed by atoms with van der Waals surface area (Å²) >= 11 is 0. The van der Waals surface area contributed by atoms with Gasteiger partial charge in [-0.3, -0.25) is 4.90 Å². The molecule has 0 bridgehead atoms. The molecule has 0 radical (unpaired) electrons. The smallest absolute Gasteiger partial charge is 0.123 e. The van der Waals surface area contributed by atoms with Gasteiger partial charge in [0.1, 0.15) is 12.4 Å². The third-order valence-electron chi connectivity index (χ3n) is 3.58. The second kappa shape index (κ2) is 7.30. The summed E-state index contributed by atoms with van der Waals surface area (Å²) in [6, 6.07) is 5.93. The van der Waals surface area contributed by atoms with Crippen LogP contribution in [0.15, 0.2) is 18.2 Å². The Morgan fingerprint density at radius 3 is 2.65 bits per heavy atom. The summed E-state index contributed by atoms with van der Waals surface area (Å²) in [7, 11) is 3.85. The molecule has 1 heterocycles. The van der Waals surface area contributed by atoms with Crippen molar-refractivity contribution >= 4 is 0 Å². The van der Waals surface area contributed by atoms with E-state index in [-0.39, 0.29) is 6.61 Å². The number of likely N-dealkylation sites (N-methyl/N-ethyl adjacent to an activating group) is 1. The molecule has 0 atom stereocenters. The second-order valence-corrected chi connectivity index (χ2v) is 5.07. The molecule has 1 saturated heterocycles. The molecule has 1 aliphatic rings. The highest BCUT2D eigenvalue weighted by Crippen LogP contribution is 2.22. The van der Waals surface area contributed by atoms with Crippen LogP contribution in [-0.4, -0.2) is 61.8 Å².